The first-order valence-electron chi connectivity index (χ1n) is 5.10. The summed E-state index contributed by atoms with van der Waals surface area (Å²) in [7, 11) is 1.42. The summed E-state index contributed by atoms with van der Waals surface area (Å²) in [5.41, 5.74) is 5.37. The molecule has 0 radical (unpaired) electrons. The van der Waals surface area contributed by atoms with Crippen molar-refractivity contribution < 1.29 is 23.0 Å². The second kappa shape index (κ2) is 4.37. The predicted octanol–water partition coefficient (Wildman–Crippen LogP) is 1.56. The molecule has 2 rings (SSSR count). The molecule has 0 spiro atoms. The van der Waals surface area contributed by atoms with Crippen molar-refractivity contribution in [3.05, 3.63) is 17.7 Å². The molecule has 2 N–H and O–H groups in total. The third kappa shape index (κ3) is 2.41. The van der Waals surface area contributed by atoms with Crippen molar-refractivity contribution in [3.63, 3.8) is 0 Å². The van der Waals surface area contributed by atoms with Crippen LogP contribution in [0, 0.1) is 0 Å². The second-order valence-corrected chi connectivity index (χ2v) is 3.75. The summed E-state index contributed by atoms with van der Waals surface area (Å²) in [6, 6.07) is 3.05. The zero-order valence-corrected chi connectivity index (χ0v) is 9.33. The summed E-state index contributed by atoms with van der Waals surface area (Å²) in [5.74, 6) is -1.65. The number of hydrogen-bond donors (Lipinski definition) is 1. The van der Waals surface area contributed by atoms with Gasteiger partial charge in [0.05, 0.1) is 13.7 Å². The SMILES string of the molecule is COc1cc2c(cc1CC(F)(F)CN)OCO2. The lowest BCUT2D eigenvalue weighted by atomic mass is 10.1. The summed E-state index contributed by atoms with van der Waals surface area (Å²) in [4.78, 5) is 0. The molecule has 0 aromatic heterocycles. The van der Waals surface area contributed by atoms with Gasteiger partial charge in [-0.1, -0.05) is 0 Å². The number of rotatable bonds is 4. The van der Waals surface area contributed by atoms with E-state index in [4.69, 9.17) is 19.9 Å². The van der Waals surface area contributed by atoms with Crippen LogP contribution < -0.4 is 19.9 Å². The van der Waals surface area contributed by atoms with Gasteiger partial charge in [-0.25, -0.2) is 8.78 Å². The molecule has 0 aliphatic carbocycles. The molecule has 1 heterocycles. The van der Waals surface area contributed by atoms with Crippen LogP contribution in [0.3, 0.4) is 0 Å². The molecule has 0 saturated heterocycles. The van der Waals surface area contributed by atoms with E-state index in [9.17, 15) is 8.78 Å². The molecule has 0 atom stereocenters. The average Bonchev–Trinajstić information content (AvgIpc) is 2.74. The molecule has 1 aromatic carbocycles. The first-order chi connectivity index (χ1) is 8.05. The number of nitrogens with two attached hydrogens (primary N) is 1. The monoisotopic (exact) mass is 245 g/mol. The smallest absolute Gasteiger partial charge is 0.264 e. The van der Waals surface area contributed by atoms with Gasteiger partial charge in [-0.05, 0) is 6.07 Å². The van der Waals surface area contributed by atoms with E-state index in [1.54, 1.807) is 6.07 Å². The van der Waals surface area contributed by atoms with Crippen molar-refractivity contribution in [1.82, 2.24) is 0 Å². The first kappa shape index (κ1) is 11.9. The van der Waals surface area contributed by atoms with Crippen LogP contribution in [-0.4, -0.2) is 26.4 Å². The fraction of sp³-hybridized carbons (Fsp3) is 0.455. The van der Waals surface area contributed by atoms with Gasteiger partial charge in [0.1, 0.15) is 5.75 Å². The van der Waals surface area contributed by atoms with E-state index in [1.165, 1.54) is 13.2 Å². The standard InChI is InChI=1S/C11H13F2NO3/c1-15-8-3-10-9(16-6-17-10)2-7(8)4-11(12,13)5-14/h2-3H,4-6,14H2,1H3. The molecule has 4 nitrogen and oxygen atoms in total. The van der Waals surface area contributed by atoms with Crippen LogP contribution in [-0.2, 0) is 6.42 Å². The van der Waals surface area contributed by atoms with Gasteiger partial charge < -0.3 is 19.9 Å². The van der Waals surface area contributed by atoms with Gasteiger partial charge in [0.25, 0.3) is 5.92 Å². The molecule has 1 aliphatic heterocycles. The van der Waals surface area contributed by atoms with Gasteiger partial charge in [-0.2, -0.15) is 0 Å². The maximum absolute atomic E-state index is 13.3. The fourth-order valence-electron chi connectivity index (χ4n) is 1.64. The Bertz CT molecular complexity index is 423. The van der Waals surface area contributed by atoms with E-state index in [-0.39, 0.29) is 6.79 Å². The summed E-state index contributed by atoms with van der Waals surface area (Å²) in [6.45, 7) is -0.611. The van der Waals surface area contributed by atoms with E-state index in [1.807, 2.05) is 0 Å². The molecule has 0 amide bonds. The van der Waals surface area contributed by atoms with Crippen LogP contribution in [0.5, 0.6) is 17.2 Å². The molecule has 0 unspecified atom stereocenters. The Morgan fingerprint density at radius 3 is 2.59 bits per heavy atom. The van der Waals surface area contributed by atoms with E-state index in [0.717, 1.165) is 0 Å². The van der Waals surface area contributed by atoms with Gasteiger partial charge in [0.15, 0.2) is 11.5 Å². The Balaban J connectivity index is 2.33. The third-order valence-corrected chi connectivity index (χ3v) is 2.52. The van der Waals surface area contributed by atoms with Crippen molar-refractivity contribution in [2.75, 3.05) is 20.4 Å². The molecule has 94 valence electrons. The highest BCUT2D eigenvalue weighted by Gasteiger charge is 2.30. The van der Waals surface area contributed by atoms with Crippen LogP contribution >= 0.6 is 0 Å². The molecular formula is C11H13F2NO3. The molecule has 0 fully saturated rings. The number of hydrogen-bond acceptors (Lipinski definition) is 4. The molecule has 17 heavy (non-hydrogen) atoms. The van der Waals surface area contributed by atoms with Crippen LogP contribution in [0.4, 0.5) is 8.78 Å². The van der Waals surface area contributed by atoms with Gasteiger partial charge in [-0.15, -0.1) is 0 Å². The van der Waals surface area contributed by atoms with Crippen LogP contribution in [0.15, 0.2) is 12.1 Å². The zero-order chi connectivity index (χ0) is 12.5. The molecule has 1 aromatic rings. The molecule has 1 aliphatic rings. The number of methoxy groups -OCH3 is 1. The van der Waals surface area contributed by atoms with Gasteiger partial charge >= 0.3 is 0 Å². The predicted molar refractivity (Wildman–Crippen MR) is 56.8 cm³/mol. The summed E-state index contributed by atoms with van der Waals surface area (Å²) in [5, 5.41) is 0. The third-order valence-electron chi connectivity index (χ3n) is 2.52. The van der Waals surface area contributed by atoms with E-state index < -0.39 is 18.9 Å². The average molecular weight is 245 g/mol. The largest absolute Gasteiger partial charge is 0.496 e. The van der Waals surface area contributed by atoms with Crippen LogP contribution in [0.1, 0.15) is 5.56 Å². The Kier molecular flexibility index (Phi) is 3.06. The number of fused-ring (bicyclic) bond motifs is 1. The lowest BCUT2D eigenvalue weighted by Crippen LogP contribution is -2.30. The minimum absolute atomic E-state index is 0.0925. The minimum atomic E-state index is -2.96. The highest BCUT2D eigenvalue weighted by Crippen LogP contribution is 2.39. The lowest BCUT2D eigenvalue weighted by Gasteiger charge is -2.16. The molecule has 6 heteroatoms. The van der Waals surface area contributed by atoms with Crippen molar-refractivity contribution >= 4 is 0 Å². The Hall–Kier alpha value is -1.56. The second-order valence-electron chi connectivity index (χ2n) is 3.75. The van der Waals surface area contributed by atoms with Crippen molar-refractivity contribution in [1.29, 1.82) is 0 Å². The maximum atomic E-state index is 13.3. The zero-order valence-electron chi connectivity index (χ0n) is 9.33. The van der Waals surface area contributed by atoms with E-state index in [0.29, 0.717) is 22.8 Å². The number of benzene rings is 1. The normalized spacial score (nSPS) is 13.9. The minimum Gasteiger partial charge on any atom is -0.496 e. The molecule has 0 saturated carbocycles. The van der Waals surface area contributed by atoms with E-state index in [2.05, 4.69) is 0 Å². The quantitative estimate of drug-likeness (QED) is 0.874. The van der Waals surface area contributed by atoms with Crippen molar-refractivity contribution in [3.8, 4) is 17.2 Å². The lowest BCUT2D eigenvalue weighted by molar-refractivity contribution is 0.0109. The van der Waals surface area contributed by atoms with Crippen molar-refractivity contribution in [2.24, 2.45) is 5.73 Å². The topological polar surface area (TPSA) is 53.7 Å². The number of halogens is 2. The summed E-state index contributed by atoms with van der Waals surface area (Å²) < 4.78 is 41.8. The first-order valence-corrected chi connectivity index (χ1v) is 5.10. The maximum Gasteiger partial charge on any atom is 0.264 e. The van der Waals surface area contributed by atoms with Crippen LogP contribution in [0.25, 0.3) is 0 Å². The van der Waals surface area contributed by atoms with Gasteiger partial charge in [-0.3, -0.25) is 0 Å². The molecule has 0 bridgehead atoms. The highest BCUT2D eigenvalue weighted by atomic mass is 19.3. The Labute approximate surface area is 97.3 Å². The summed E-state index contributed by atoms with van der Waals surface area (Å²) in [6.07, 6.45) is -0.483. The number of alkyl halides is 2. The van der Waals surface area contributed by atoms with Crippen LogP contribution in [0.2, 0.25) is 0 Å². The Morgan fingerprint density at radius 1 is 1.35 bits per heavy atom. The van der Waals surface area contributed by atoms with E-state index >= 15 is 0 Å². The van der Waals surface area contributed by atoms with Crippen molar-refractivity contribution in [2.45, 2.75) is 12.3 Å². The fourth-order valence-corrected chi connectivity index (χ4v) is 1.64. The molecular weight excluding hydrogens is 232 g/mol. The van der Waals surface area contributed by atoms with Gasteiger partial charge in [0.2, 0.25) is 6.79 Å². The van der Waals surface area contributed by atoms with Gasteiger partial charge in [0, 0.05) is 18.1 Å². The number of ether oxygens (including phenoxy) is 3. The highest BCUT2D eigenvalue weighted by molar-refractivity contribution is 5.52. The summed E-state index contributed by atoms with van der Waals surface area (Å²) >= 11 is 0. The Morgan fingerprint density at radius 2 is 2.00 bits per heavy atom.